The van der Waals surface area contributed by atoms with Crippen LogP contribution in [-0.4, -0.2) is 16.1 Å². The van der Waals surface area contributed by atoms with Gasteiger partial charge in [-0.25, -0.2) is 13.8 Å². The van der Waals surface area contributed by atoms with Crippen molar-refractivity contribution in [2.45, 2.75) is 17.9 Å². The van der Waals surface area contributed by atoms with Gasteiger partial charge in [0.2, 0.25) is 5.91 Å². The zero-order valence-corrected chi connectivity index (χ0v) is 14.4. The maximum Gasteiger partial charge on any atom is 0.237 e. The van der Waals surface area contributed by atoms with E-state index in [-0.39, 0.29) is 0 Å². The number of nitrogens with zero attached hydrogens (tertiary/aromatic N) is 1. The molecule has 0 spiro atoms. The maximum absolute atomic E-state index is 13.6. The number of halogens is 2. The van der Waals surface area contributed by atoms with Crippen LogP contribution in [0.2, 0.25) is 0 Å². The molecule has 0 saturated heterocycles. The predicted molar refractivity (Wildman–Crippen MR) is 95.4 cm³/mol. The Morgan fingerprint density at radius 3 is 2.62 bits per heavy atom. The molecule has 1 N–H and O–H groups in total. The number of amides is 1. The Bertz CT molecular complexity index is 829. The number of nitrogens with one attached hydrogen (secondary N) is 1. The number of para-hydroxylation sites is 2. The molecule has 24 heavy (non-hydrogen) atoms. The van der Waals surface area contributed by atoms with E-state index >= 15 is 0 Å². The molecule has 0 saturated carbocycles. The van der Waals surface area contributed by atoms with Gasteiger partial charge in [0.15, 0.2) is 0 Å². The summed E-state index contributed by atoms with van der Waals surface area (Å²) in [6.45, 7) is 1.70. The number of hydrogen-bond donors (Lipinski definition) is 1. The Kier molecular flexibility index (Phi) is 5.11. The molecule has 7 heteroatoms. The van der Waals surface area contributed by atoms with Crippen LogP contribution in [0.25, 0.3) is 10.2 Å². The molecular weight excluding hydrogens is 350 g/mol. The maximum atomic E-state index is 13.6. The van der Waals surface area contributed by atoms with E-state index < -0.39 is 28.5 Å². The standard InChI is InChI=1S/C17H14F2N2OS2/c1-10(17(22)21-16-11(18)5-4-6-12(16)19)23-9-15-20-13-7-2-3-8-14(13)24-15/h2-8,10H,9H2,1H3,(H,21,22). The van der Waals surface area contributed by atoms with E-state index in [1.165, 1.54) is 17.8 Å². The minimum Gasteiger partial charge on any atom is -0.320 e. The summed E-state index contributed by atoms with van der Waals surface area (Å²) in [7, 11) is 0. The van der Waals surface area contributed by atoms with Crippen LogP contribution in [0.5, 0.6) is 0 Å². The summed E-state index contributed by atoms with van der Waals surface area (Å²) in [6.07, 6.45) is 0. The van der Waals surface area contributed by atoms with Crippen LogP contribution in [0.4, 0.5) is 14.5 Å². The monoisotopic (exact) mass is 364 g/mol. The lowest BCUT2D eigenvalue weighted by molar-refractivity contribution is -0.115. The minimum atomic E-state index is -0.785. The normalized spacial score (nSPS) is 12.3. The van der Waals surface area contributed by atoms with Crippen LogP contribution in [0, 0.1) is 11.6 Å². The first kappa shape index (κ1) is 16.9. The summed E-state index contributed by atoms with van der Waals surface area (Å²) >= 11 is 2.95. The average Bonchev–Trinajstić information content (AvgIpc) is 2.99. The van der Waals surface area contributed by atoms with E-state index in [4.69, 9.17) is 0 Å². The van der Waals surface area contributed by atoms with Crippen LogP contribution < -0.4 is 5.32 Å². The highest BCUT2D eigenvalue weighted by atomic mass is 32.2. The van der Waals surface area contributed by atoms with Gasteiger partial charge in [-0.15, -0.1) is 23.1 Å². The van der Waals surface area contributed by atoms with Crippen molar-refractivity contribution in [2.24, 2.45) is 0 Å². The summed E-state index contributed by atoms with van der Waals surface area (Å²) < 4.78 is 28.2. The Morgan fingerprint density at radius 1 is 1.21 bits per heavy atom. The molecule has 1 amide bonds. The highest BCUT2D eigenvalue weighted by Crippen LogP contribution is 2.27. The Morgan fingerprint density at radius 2 is 1.92 bits per heavy atom. The third-order valence-corrected chi connectivity index (χ3v) is 5.75. The fourth-order valence-electron chi connectivity index (χ4n) is 2.10. The third kappa shape index (κ3) is 3.73. The molecule has 3 rings (SSSR count). The predicted octanol–water partition coefficient (Wildman–Crippen LogP) is 4.83. The van der Waals surface area contributed by atoms with E-state index in [0.29, 0.717) is 5.75 Å². The van der Waals surface area contributed by atoms with Gasteiger partial charge < -0.3 is 5.32 Å². The summed E-state index contributed by atoms with van der Waals surface area (Å²) in [5.74, 6) is -1.45. The van der Waals surface area contributed by atoms with Crippen molar-refractivity contribution in [3.8, 4) is 0 Å². The van der Waals surface area contributed by atoms with Gasteiger partial charge in [-0.2, -0.15) is 0 Å². The number of anilines is 1. The molecule has 0 aliphatic carbocycles. The van der Waals surface area contributed by atoms with Crippen molar-refractivity contribution < 1.29 is 13.6 Å². The van der Waals surface area contributed by atoms with E-state index in [2.05, 4.69) is 10.3 Å². The highest BCUT2D eigenvalue weighted by Gasteiger charge is 2.18. The van der Waals surface area contributed by atoms with E-state index in [0.717, 1.165) is 27.4 Å². The van der Waals surface area contributed by atoms with E-state index in [1.807, 2.05) is 24.3 Å². The van der Waals surface area contributed by atoms with Gasteiger partial charge in [0.1, 0.15) is 22.3 Å². The summed E-state index contributed by atoms with van der Waals surface area (Å²) in [5.41, 5.74) is 0.526. The molecule has 1 unspecified atom stereocenters. The average molecular weight is 364 g/mol. The molecule has 3 nitrogen and oxygen atoms in total. The number of rotatable bonds is 5. The first-order chi connectivity index (χ1) is 11.5. The number of carbonyl (C=O) groups excluding carboxylic acids is 1. The van der Waals surface area contributed by atoms with Gasteiger partial charge in [0.25, 0.3) is 0 Å². The number of benzene rings is 2. The van der Waals surface area contributed by atoms with Crippen LogP contribution in [0.3, 0.4) is 0 Å². The number of aromatic nitrogens is 1. The topological polar surface area (TPSA) is 42.0 Å². The molecule has 0 fully saturated rings. The SMILES string of the molecule is CC(SCc1nc2ccccc2s1)C(=O)Nc1c(F)cccc1F. The number of carbonyl (C=O) groups is 1. The van der Waals surface area contributed by atoms with Crippen molar-refractivity contribution in [3.63, 3.8) is 0 Å². The molecule has 0 radical (unpaired) electrons. The van der Waals surface area contributed by atoms with Gasteiger partial charge in [-0.1, -0.05) is 18.2 Å². The van der Waals surface area contributed by atoms with Gasteiger partial charge in [0, 0.05) is 5.75 Å². The third-order valence-electron chi connectivity index (χ3n) is 3.38. The molecule has 1 aromatic heterocycles. The molecule has 0 bridgehead atoms. The Labute approximate surface area is 146 Å². The van der Waals surface area contributed by atoms with Crippen molar-refractivity contribution in [2.75, 3.05) is 5.32 Å². The second-order valence-electron chi connectivity index (χ2n) is 5.11. The molecule has 1 heterocycles. The number of thioether (sulfide) groups is 1. The molecule has 0 aliphatic rings. The molecule has 3 aromatic rings. The second kappa shape index (κ2) is 7.27. The van der Waals surface area contributed by atoms with Gasteiger partial charge in [0.05, 0.1) is 15.5 Å². The highest BCUT2D eigenvalue weighted by molar-refractivity contribution is 7.99. The van der Waals surface area contributed by atoms with Crippen LogP contribution >= 0.6 is 23.1 Å². The van der Waals surface area contributed by atoms with Crippen molar-refractivity contribution >= 4 is 44.9 Å². The fraction of sp³-hybridized carbons (Fsp3) is 0.176. The molecule has 0 aliphatic heterocycles. The summed E-state index contributed by atoms with van der Waals surface area (Å²) in [5, 5.41) is 2.77. The first-order valence-corrected chi connectivity index (χ1v) is 9.12. The summed E-state index contributed by atoms with van der Waals surface area (Å²) in [6, 6.07) is 11.3. The largest absolute Gasteiger partial charge is 0.320 e. The minimum absolute atomic E-state index is 0.407. The molecule has 2 aromatic carbocycles. The van der Waals surface area contributed by atoms with E-state index in [1.54, 1.807) is 18.3 Å². The lowest BCUT2D eigenvalue weighted by atomic mass is 10.3. The smallest absolute Gasteiger partial charge is 0.237 e. The Balaban J connectivity index is 1.62. The molecular formula is C17H14F2N2OS2. The number of hydrogen-bond acceptors (Lipinski definition) is 4. The van der Waals surface area contributed by atoms with Crippen LogP contribution in [0.1, 0.15) is 11.9 Å². The van der Waals surface area contributed by atoms with Gasteiger partial charge >= 0.3 is 0 Å². The first-order valence-electron chi connectivity index (χ1n) is 7.25. The van der Waals surface area contributed by atoms with E-state index in [9.17, 15) is 13.6 Å². The second-order valence-corrected chi connectivity index (χ2v) is 7.56. The van der Waals surface area contributed by atoms with Crippen molar-refractivity contribution in [1.82, 2.24) is 4.98 Å². The van der Waals surface area contributed by atoms with Crippen LogP contribution in [0.15, 0.2) is 42.5 Å². The van der Waals surface area contributed by atoms with Gasteiger partial charge in [-0.3, -0.25) is 4.79 Å². The lowest BCUT2D eigenvalue weighted by Gasteiger charge is -2.12. The fourth-order valence-corrected chi connectivity index (χ4v) is 3.97. The molecule has 124 valence electrons. The van der Waals surface area contributed by atoms with Crippen LogP contribution in [-0.2, 0) is 10.5 Å². The quantitative estimate of drug-likeness (QED) is 0.705. The zero-order valence-electron chi connectivity index (χ0n) is 12.8. The van der Waals surface area contributed by atoms with Crippen molar-refractivity contribution in [1.29, 1.82) is 0 Å². The van der Waals surface area contributed by atoms with Crippen molar-refractivity contribution in [3.05, 3.63) is 59.1 Å². The number of fused-ring (bicyclic) bond motifs is 1. The zero-order chi connectivity index (χ0) is 17.1. The lowest BCUT2D eigenvalue weighted by Crippen LogP contribution is -2.23. The Hall–Kier alpha value is -1.99. The number of thiazole rings is 1. The summed E-state index contributed by atoms with van der Waals surface area (Å²) in [4.78, 5) is 16.6. The molecule has 1 atom stereocenters. The van der Waals surface area contributed by atoms with Gasteiger partial charge in [-0.05, 0) is 31.2 Å².